The molecule has 0 aromatic carbocycles. The zero-order valence-electron chi connectivity index (χ0n) is 14.0. The number of hydrogen-bond acceptors (Lipinski definition) is 4. The van der Waals surface area contributed by atoms with Crippen molar-refractivity contribution in [3.63, 3.8) is 0 Å². The van der Waals surface area contributed by atoms with Gasteiger partial charge in [0.05, 0.1) is 23.1 Å². The number of Topliss-reactive ketones (excluding diaryl/α,β-unsaturated/α-hetero) is 1. The van der Waals surface area contributed by atoms with Crippen LogP contribution in [0.1, 0.15) is 55.5 Å². The zero-order valence-corrected chi connectivity index (χ0v) is 14.0. The molecule has 124 valence electrons. The van der Waals surface area contributed by atoms with E-state index >= 15 is 0 Å². The van der Waals surface area contributed by atoms with E-state index < -0.39 is 6.10 Å². The predicted molar refractivity (Wildman–Crippen MR) is 91.8 cm³/mol. The van der Waals surface area contributed by atoms with Gasteiger partial charge < -0.3 is 10.0 Å². The lowest BCUT2D eigenvalue weighted by molar-refractivity contribution is -0.114. The van der Waals surface area contributed by atoms with Crippen LogP contribution in [0.2, 0.25) is 0 Å². The second-order valence-corrected chi connectivity index (χ2v) is 7.40. The predicted octanol–water partition coefficient (Wildman–Crippen LogP) is 2.48. The summed E-state index contributed by atoms with van der Waals surface area (Å²) in [5.41, 5.74) is 4.43. The lowest BCUT2D eigenvalue weighted by atomic mass is 9.86. The number of fused-ring (bicyclic) bond motifs is 1. The van der Waals surface area contributed by atoms with Crippen LogP contribution in [0, 0.1) is 17.8 Å². The van der Waals surface area contributed by atoms with Crippen LogP contribution in [0.25, 0.3) is 5.70 Å². The summed E-state index contributed by atoms with van der Waals surface area (Å²) in [6, 6.07) is 1.90. The highest BCUT2D eigenvalue weighted by Gasteiger charge is 2.45. The molecule has 0 radical (unpaired) electrons. The Labute approximate surface area is 142 Å². The van der Waals surface area contributed by atoms with Crippen molar-refractivity contribution in [1.82, 2.24) is 9.88 Å². The Morgan fingerprint density at radius 2 is 2.04 bits per heavy atom. The Morgan fingerprint density at radius 3 is 2.62 bits per heavy atom. The third-order valence-corrected chi connectivity index (χ3v) is 5.80. The summed E-state index contributed by atoms with van der Waals surface area (Å²) in [4.78, 5) is 19.1. The lowest BCUT2D eigenvalue weighted by Crippen LogP contribution is -2.36. The molecular formula is C20H22N2O2. The van der Waals surface area contributed by atoms with Crippen LogP contribution < -0.4 is 0 Å². The van der Waals surface area contributed by atoms with Crippen LogP contribution in [0.15, 0.2) is 17.8 Å². The molecule has 0 amide bonds. The second-order valence-electron chi connectivity index (χ2n) is 7.40. The molecule has 1 saturated heterocycles. The third kappa shape index (κ3) is 2.44. The van der Waals surface area contributed by atoms with Crippen molar-refractivity contribution in [3.8, 4) is 12.3 Å². The number of terminal acetylenes is 1. The van der Waals surface area contributed by atoms with E-state index in [0.29, 0.717) is 23.1 Å². The van der Waals surface area contributed by atoms with Crippen LogP contribution in [0.4, 0.5) is 0 Å². The van der Waals surface area contributed by atoms with Crippen molar-refractivity contribution < 1.29 is 9.90 Å². The summed E-state index contributed by atoms with van der Waals surface area (Å²) in [5.74, 6) is 2.63. The minimum absolute atomic E-state index is 0.00157. The third-order valence-electron chi connectivity index (χ3n) is 5.80. The molecule has 1 atom stereocenters. The SMILES string of the molecule is C#CC1=C(N2CCC3(CC2)CC3)c2cc([C@@H](C)O)ncc2CC1=O. The first-order valence-corrected chi connectivity index (χ1v) is 8.69. The van der Waals surface area contributed by atoms with Gasteiger partial charge in [0.2, 0.25) is 0 Å². The molecule has 1 saturated carbocycles. The Bertz CT molecular complexity index is 771. The number of aliphatic hydroxyl groups is 1. The molecule has 2 fully saturated rings. The molecule has 4 rings (SSSR count). The topological polar surface area (TPSA) is 53.4 Å². The van der Waals surface area contributed by atoms with Gasteiger partial charge >= 0.3 is 0 Å². The van der Waals surface area contributed by atoms with Gasteiger partial charge in [-0.05, 0) is 49.7 Å². The number of pyridine rings is 1. The molecule has 1 N–H and O–H groups in total. The first-order valence-electron chi connectivity index (χ1n) is 8.69. The molecule has 0 unspecified atom stereocenters. The summed E-state index contributed by atoms with van der Waals surface area (Å²) in [7, 11) is 0. The van der Waals surface area contributed by atoms with E-state index in [9.17, 15) is 9.90 Å². The number of likely N-dealkylation sites (tertiary alicyclic amines) is 1. The fourth-order valence-electron chi connectivity index (χ4n) is 3.98. The number of ketones is 1. The fourth-order valence-corrected chi connectivity index (χ4v) is 3.98. The van der Waals surface area contributed by atoms with Crippen molar-refractivity contribution in [3.05, 3.63) is 34.7 Å². The number of nitrogens with zero attached hydrogens (tertiary/aromatic N) is 2. The Balaban J connectivity index is 1.78. The Morgan fingerprint density at radius 1 is 1.33 bits per heavy atom. The number of piperidine rings is 1. The number of aromatic nitrogens is 1. The van der Waals surface area contributed by atoms with Crippen LogP contribution >= 0.6 is 0 Å². The molecule has 1 aromatic heterocycles. The Hall–Kier alpha value is -2.12. The van der Waals surface area contributed by atoms with Crippen LogP contribution in [0.5, 0.6) is 0 Å². The van der Waals surface area contributed by atoms with E-state index in [1.807, 2.05) is 6.07 Å². The summed E-state index contributed by atoms with van der Waals surface area (Å²) in [6.45, 7) is 3.59. The van der Waals surface area contributed by atoms with E-state index in [4.69, 9.17) is 6.42 Å². The van der Waals surface area contributed by atoms with Crippen molar-refractivity contribution >= 4 is 11.5 Å². The first-order chi connectivity index (χ1) is 11.5. The van der Waals surface area contributed by atoms with Crippen molar-refractivity contribution in [1.29, 1.82) is 0 Å². The minimum atomic E-state index is -0.639. The number of carbonyl (C=O) groups excluding carboxylic acids is 1. The van der Waals surface area contributed by atoms with E-state index in [1.165, 1.54) is 25.7 Å². The standard InChI is InChI=1S/C20H22N2O2/c1-3-15-18(24)10-14-12-21-17(13(2)23)11-16(14)19(15)22-8-6-20(4-5-20)7-9-22/h1,11-13,23H,4-10H2,2H3/t13-/m1/s1. The van der Waals surface area contributed by atoms with Crippen molar-refractivity contribution in [2.45, 2.75) is 45.1 Å². The minimum Gasteiger partial charge on any atom is -0.387 e. The Kier molecular flexibility index (Phi) is 3.51. The van der Waals surface area contributed by atoms with Gasteiger partial charge in [-0.1, -0.05) is 5.92 Å². The molecule has 3 aliphatic rings. The molecule has 1 spiro atoms. The maximum absolute atomic E-state index is 12.5. The number of allylic oxidation sites excluding steroid dienone is 1. The van der Waals surface area contributed by atoms with E-state index in [-0.39, 0.29) is 5.78 Å². The van der Waals surface area contributed by atoms with Crippen molar-refractivity contribution in [2.24, 2.45) is 5.41 Å². The van der Waals surface area contributed by atoms with Gasteiger partial charge in [-0.2, -0.15) is 0 Å². The molecular weight excluding hydrogens is 300 g/mol. The summed E-state index contributed by atoms with van der Waals surface area (Å²) in [5, 5.41) is 9.87. The van der Waals surface area contributed by atoms with Gasteiger partial charge in [0, 0.05) is 31.3 Å². The molecule has 1 aromatic rings. The van der Waals surface area contributed by atoms with E-state index in [0.717, 1.165) is 29.9 Å². The molecule has 4 heteroatoms. The highest BCUT2D eigenvalue weighted by Crippen LogP contribution is 2.54. The van der Waals surface area contributed by atoms with Gasteiger partial charge in [0.1, 0.15) is 0 Å². The highest BCUT2D eigenvalue weighted by molar-refractivity contribution is 6.10. The smallest absolute Gasteiger partial charge is 0.177 e. The lowest BCUT2D eigenvalue weighted by Gasteiger charge is -2.38. The maximum Gasteiger partial charge on any atom is 0.177 e. The van der Waals surface area contributed by atoms with Gasteiger partial charge in [-0.25, -0.2) is 0 Å². The van der Waals surface area contributed by atoms with Crippen LogP contribution in [-0.2, 0) is 11.2 Å². The largest absolute Gasteiger partial charge is 0.387 e. The number of aliphatic hydroxyl groups excluding tert-OH is 1. The summed E-state index contributed by atoms with van der Waals surface area (Å²) < 4.78 is 0. The van der Waals surface area contributed by atoms with Gasteiger partial charge in [-0.3, -0.25) is 9.78 Å². The quantitative estimate of drug-likeness (QED) is 0.850. The van der Waals surface area contributed by atoms with Crippen LogP contribution in [0.3, 0.4) is 0 Å². The molecule has 2 heterocycles. The average Bonchev–Trinajstić information content (AvgIpc) is 3.33. The van der Waals surface area contributed by atoms with Gasteiger partial charge in [0.25, 0.3) is 0 Å². The maximum atomic E-state index is 12.5. The molecule has 1 aliphatic heterocycles. The molecule has 2 aliphatic carbocycles. The fraction of sp³-hybridized carbons (Fsp3) is 0.500. The van der Waals surface area contributed by atoms with E-state index in [2.05, 4.69) is 15.8 Å². The number of rotatable bonds is 2. The molecule has 0 bridgehead atoms. The highest BCUT2D eigenvalue weighted by atomic mass is 16.3. The van der Waals surface area contributed by atoms with Crippen molar-refractivity contribution in [2.75, 3.05) is 13.1 Å². The summed E-state index contributed by atoms with van der Waals surface area (Å²) in [6.07, 6.45) is 12.1. The average molecular weight is 322 g/mol. The number of carbonyl (C=O) groups is 1. The van der Waals surface area contributed by atoms with E-state index in [1.54, 1.807) is 13.1 Å². The zero-order chi connectivity index (χ0) is 16.9. The molecule has 4 nitrogen and oxygen atoms in total. The normalized spacial score (nSPS) is 23.0. The van der Waals surface area contributed by atoms with Gasteiger partial charge in [0.15, 0.2) is 5.78 Å². The summed E-state index contributed by atoms with van der Waals surface area (Å²) >= 11 is 0. The molecule has 24 heavy (non-hydrogen) atoms. The second kappa shape index (κ2) is 5.46. The number of hydrogen-bond donors (Lipinski definition) is 1. The van der Waals surface area contributed by atoms with Crippen LogP contribution in [-0.4, -0.2) is 33.9 Å². The monoisotopic (exact) mass is 322 g/mol. The first kappa shape index (κ1) is 15.4. The van der Waals surface area contributed by atoms with Gasteiger partial charge in [-0.15, -0.1) is 6.42 Å².